The number of hydrogen-bond donors (Lipinski definition) is 0. The van der Waals surface area contributed by atoms with Crippen LogP contribution in [0.2, 0.25) is 0 Å². The molecular weight excluding hydrogens is 148 g/mol. The normalized spacial score (nSPS) is 16.8. The molecule has 1 aliphatic carbocycles. The Bertz CT molecular complexity index is 233. The molecule has 0 atom stereocenters. The first-order chi connectivity index (χ1) is 5.29. The fourth-order valence-corrected chi connectivity index (χ4v) is 1.48. The van der Waals surface area contributed by atoms with Gasteiger partial charge in [-0.1, -0.05) is 31.9 Å². The van der Waals surface area contributed by atoms with E-state index in [0.717, 1.165) is 12.8 Å². The van der Waals surface area contributed by atoms with Crippen LogP contribution in [0.3, 0.4) is 0 Å². The summed E-state index contributed by atoms with van der Waals surface area (Å²) in [7, 11) is 0. The average Bonchev–Trinajstić information content (AvgIpc) is 2.04. The monoisotopic (exact) mass is 164 g/mol. The van der Waals surface area contributed by atoms with E-state index in [4.69, 9.17) is 0 Å². The molecule has 2 N–H and O–H groups in total. The predicted octanol–water partition coefficient (Wildman–Crippen LogP) is 2.57. The number of allylic oxidation sites excluding steroid dienone is 5. The van der Waals surface area contributed by atoms with Crippen molar-refractivity contribution in [1.82, 2.24) is 0 Å². The molecule has 0 fully saturated rings. The number of hydrogen-bond acceptors (Lipinski definition) is 0. The van der Waals surface area contributed by atoms with Gasteiger partial charge in [0.05, 0.1) is 0 Å². The summed E-state index contributed by atoms with van der Waals surface area (Å²) in [5.74, 6) is 0. The highest BCUT2D eigenvalue weighted by molar-refractivity contribution is 5.46. The second kappa shape index (κ2) is 4.73. The van der Waals surface area contributed by atoms with Gasteiger partial charge < -0.3 is 5.48 Å². The van der Waals surface area contributed by atoms with Gasteiger partial charge in [-0.2, -0.15) is 0 Å². The third kappa shape index (κ3) is 1.95. The van der Waals surface area contributed by atoms with E-state index in [1.807, 2.05) is 12.2 Å². The third-order valence-electron chi connectivity index (χ3n) is 2.10. The molecular formula is C11H16O. The van der Waals surface area contributed by atoms with Crippen LogP contribution in [-0.4, -0.2) is 5.48 Å². The Labute approximate surface area is 74.1 Å². The first-order valence-corrected chi connectivity index (χ1v) is 3.95. The van der Waals surface area contributed by atoms with E-state index < -0.39 is 0 Å². The van der Waals surface area contributed by atoms with Gasteiger partial charge in [-0.25, -0.2) is 0 Å². The van der Waals surface area contributed by atoms with Crippen LogP contribution in [0.4, 0.5) is 0 Å². The standard InChI is InChI=1S/C11H14.H2O/c1-4-10-8-6-7-9(3)11(10)5-2;/h4-5H,1-3,6-8H2;1H2. The molecule has 0 saturated heterocycles. The van der Waals surface area contributed by atoms with Gasteiger partial charge in [0.25, 0.3) is 0 Å². The molecule has 1 rings (SSSR count). The Balaban J connectivity index is 0.00000121. The molecule has 0 aliphatic heterocycles. The van der Waals surface area contributed by atoms with Crippen LogP contribution in [0.5, 0.6) is 0 Å². The van der Waals surface area contributed by atoms with E-state index in [1.54, 1.807) is 0 Å². The Morgan fingerprint density at radius 2 is 1.75 bits per heavy atom. The van der Waals surface area contributed by atoms with E-state index in [-0.39, 0.29) is 5.48 Å². The fourth-order valence-electron chi connectivity index (χ4n) is 1.48. The summed E-state index contributed by atoms with van der Waals surface area (Å²) in [5, 5.41) is 0. The van der Waals surface area contributed by atoms with Crippen LogP contribution in [-0.2, 0) is 0 Å². The minimum Gasteiger partial charge on any atom is -0.412 e. The van der Waals surface area contributed by atoms with Crippen molar-refractivity contribution in [1.29, 1.82) is 0 Å². The van der Waals surface area contributed by atoms with Crippen molar-refractivity contribution in [2.75, 3.05) is 0 Å². The van der Waals surface area contributed by atoms with E-state index in [9.17, 15) is 0 Å². The Morgan fingerprint density at radius 3 is 2.17 bits per heavy atom. The van der Waals surface area contributed by atoms with Crippen LogP contribution >= 0.6 is 0 Å². The topological polar surface area (TPSA) is 31.5 Å². The van der Waals surface area contributed by atoms with Gasteiger partial charge in [0, 0.05) is 0 Å². The van der Waals surface area contributed by atoms with Crippen LogP contribution in [0.1, 0.15) is 19.3 Å². The van der Waals surface area contributed by atoms with Gasteiger partial charge in [0.2, 0.25) is 0 Å². The van der Waals surface area contributed by atoms with Crippen molar-refractivity contribution < 1.29 is 5.48 Å². The lowest BCUT2D eigenvalue weighted by atomic mass is 9.88. The SMILES string of the molecule is C=CC1=C(C=C)C(=C)CCC1.O. The average molecular weight is 164 g/mol. The van der Waals surface area contributed by atoms with Crippen LogP contribution in [0.15, 0.2) is 48.6 Å². The molecule has 0 aromatic carbocycles. The summed E-state index contributed by atoms with van der Waals surface area (Å²) in [6.07, 6.45) is 7.25. The molecule has 1 heteroatoms. The van der Waals surface area contributed by atoms with Gasteiger partial charge in [0.15, 0.2) is 0 Å². The maximum atomic E-state index is 3.99. The Kier molecular flexibility index (Phi) is 4.30. The second-order valence-corrected chi connectivity index (χ2v) is 2.80. The largest absolute Gasteiger partial charge is 0.412 e. The van der Waals surface area contributed by atoms with Crippen molar-refractivity contribution in [3.63, 3.8) is 0 Å². The molecule has 0 bridgehead atoms. The van der Waals surface area contributed by atoms with Crippen LogP contribution < -0.4 is 0 Å². The maximum absolute atomic E-state index is 3.99. The molecule has 12 heavy (non-hydrogen) atoms. The lowest BCUT2D eigenvalue weighted by Crippen LogP contribution is -1.98. The first kappa shape index (κ1) is 10.9. The van der Waals surface area contributed by atoms with E-state index >= 15 is 0 Å². The lowest BCUT2D eigenvalue weighted by Gasteiger charge is -2.17. The predicted molar refractivity (Wildman–Crippen MR) is 54.0 cm³/mol. The van der Waals surface area contributed by atoms with Crippen LogP contribution in [0.25, 0.3) is 0 Å². The van der Waals surface area contributed by atoms with Crippen molar-refractivity contribution >= 4 is 0 Å². The zero-order valence-corrected chi connectivity index (χ0v) is 7.40. The highest BCUT2D eigenvalue weighted by Gasteiger charge is 2.10. The smallest absolute Gasteiger partial charge is 0.0204 e. The summed E-state index contributed by atoms with van der Waals surface area (Å²) < 4.78 is 0. The first-order valence-electron chi connectivity index (χ1n) is 3.95. The summed E-state index contributed by atoms with van der Waals surface area (Å²) in [6.45, 7) is 11.5. The molecule has 66 valence electrons. The summed E-state index contributed by atoms with van der Waals surface area (Å²) in [6, 6.07) is 0. The molecule has 0 amide bonds. The molecule has 1 aliphatic rings. The van der Waals surface area contributed by atoms with Crippen LogP contribution in [0, 0.1) is 0 Å². The summed E-state index contributed by atoms with van der Waals surface area (Å²) in [4.78, 5) is 0. The molecule has 0 aromatic rings. The molecule has 0 saturated carbocycles. The van der Waals surface area contributed by atoms with E-state index in [1.165, 1.54) is 23.1 Å². The van der Waals surface area contributed by atoms with Crippen molar-refractivity contribution in [2.24, 2.45) is 0 Å². The van der Waals surface area contributed by atoms with Gasteiger partial charge in [0.1, 0.15) is 0 Å². The van der Waals surface area contributed by atoms with Gasteiger partial charge >= 0.3 is 0 Å². The van der Waals surface area contributed by atoms with Crippen molar-refractivity contribution in [2.45, 2.75) is 19.3 Å². The number of rotatable bonds is 2. The van der Waals surface area contributed by atoms with Gasteiger partial charge in [-0.05, 0) is 36.0 Å². The maximum Gasteiger partial charge on any atom is -0.0204 e. The summed E-state index contributed by atoms with van der Waals surface area (Å²) in [5.41, 5.74) is 3.73. The molecule has 0 unspecified atom stereocenters. The van der Waals surface area contributed by atoms with Gasteiger partial charge in [-0.15, -0.1) is 0 Å². The zero-order valence-electron chi connectivity index (χ0n) is 7.40. The van der Waals surface area contributed by atoms with Crippen molar-refractivity contribution in [3.8, 4) is 0 Å². The Hall–Kier alpha value is -1.08. The van der Waals surface area contributed by atoms with Gasteiger partial charge in [-0.3, -0.25) is 0 Å². The third-order valence-corrected chi connectivity index (χ3v) is 2.10. The quantitative estimate of drug-likeness (QED) is 0.600. The molecule has 0 radical (unpaired) electrons. The fraction of sp³-hybridized carbons (Fsp3) is 0.273. The molecule has 0 heterocycles. The lowest BCUT2D eigenvalue weighted by molar-refractivity contribution is 0.787. The summed E-state index contributed by atoms with van der Waals surface area (Å²) >= 11 is 0. The second-order valence-electron chi connectivity index (χ2n) is 2.80. The van der Waals surface area contributed by atoms with E-state index in [0.29, 0.717) is 0 Å². The molecule has 1 nitrogen and oxygen atoms in total. The minimum atomic E-state index is 0. The minimum absolute atomic E-state index is 0. The van der Waals surface area contributed by atoms with Crippen molar-refractivity contribution in [3.05, 3.63) is 48.6 Å². The molecule has 0 aromatic heterocycles. The van der Waals surface area contributed by atoms with E-state index in [2.05, 4.69) is 19.7 Å². The Morgan fingerprint density at radius 1 is 1.08 bits per heavy atom. The molecule has 0 spiro atoms. The highest BCUT2D eigenvalue weighted by atomic mass is 16.0. The highest BCUT2D eigenvalue weighted by Crippen LogP contribution is 2.29. The zero-order chi connectivity index (χ0) is 8.27.